The molecule has 1 aromatic rings. The van der Waals surface area contributed by atoms with E-state index in [1.165, 1.54) is 38.5 Å². The van der Waals surface area contributed by atoms with E-state index in [0.717, 1.165) is 31.5 Å². The van der Waals surface area contributed by atoms with Gasteiger partial charge in [0.15, 0.2) is 12.3 Å². The van der Waals surface area contributed by atoms with Crippen molar-refractivity contribution >= 4 is 5.97 Å². The maximum absolute atomic E-state index is 13.9. The number of unbranched alkanes of at least 4 members (excludes halogenated alkanes) is 9. The van der Waals surface area contributed by atoms with Crippen LogP contribution in [0.3, 0.4) is 0 Å². The first-order valence-corrected chi connectivity index (χ1v) is 10.5. The third-order valence-corrected chi connectivity index (χ3v) is 4.58. The second kappa shape index (κ2) is 13.5. The van der Waals surface area contributed by atoms with Crippen molar-refractivity contribution in [3.63, 3.8) is 0 Å². The Morgan fingerprint density at radius 1 is 1.00 bits per heavy atom. The zero-order valence-corrected chi connectivity index (χ0v) is 17.2. The number of hydrogen-bond acceptors (Lipinski definition) is 3. The largest absolute Gasteiger partial charge is 0.486 e. The standard InChI is InChI=1S/C21H34F3NO3/c1-3-5-6-7-8-9-10-11-12-13-14-21(22,23)17-28-18-15-19(25(24)16-18)20(26)27-4-2/h15-16H,3-14,17H2,1-2H3. The number of carbonyl (C=O) groups is 1. The normalized spacial score (nSPS) is 11.6. The molecule has 0 N–H and O–H groups in total. The Labute approximate surface area is 166 Å². The summed E-state index contributed by atoms with van der Waals surface area (Å²) in [4.78, 5) is 11.5. The number of aromatic nitrogens is 1. The van der Waals surface area contributed by atoms with Gasteiger partial charge in [-0.05, 0) is 13.3 Å². The lowest BCUT2D eigenvalue weighted by Gasteiger charge is -2.16. The van der Waals surface area contributed by atoms with Gasteiger partial charge in [-0.2, -0.15) is 4.79 Å². The van der Waals surface area contributed by atoms with Crippen molar-refractivity contribution in [2.24, 2.45) is 0 Å². The predicted molar refractivity (Wildman–Crippen MR) is 104 cm³/mol. The molecule has 0 aliphatic heterocycles. The highest BCUT2D eigenvalue weighted by molar-refractivity contribution is 5.88. The highest BCUT2D eigenvalue weighted by Crippen LogP contribution is 2.25. The molecule has 0 spiro atoms. The molecule has 0 unspecified atom stereocenters. The molecule has 0 atom stereocenters. The van der Waals surface area contributed by atoms with Gasteiger partial charge in [0.2, 0.25) is 0 Å². The maximum atomic E-state index is 13.9. The second-order valence-electron chi connectivity index (χ2n) is 7.17. The zero-order valence-electron chi connectivity index (χ0n) is 17.2. The maximum Gasteiger partial charge on any atom is 0.357 e. The fourth-order valence-electron chi connectivity index (χ4n) is 2.98. The summed E-state index contributed by atoms with van der Waals surface area (Å²) in [6.45, 7) is 3.04. The van der Waals surface area contributed by atoms with E-state index in [4.69, 9.17) is 4.74 Å². The molecule has 0 saturated heterocycles. The molecule has 1 rings (SSSR count). The van der Waals surface area contributed by atoms with Crippen LogP contribution in [-0.4, -0.2) is 29.9 Å². The number of carbonyl (C=O) groups excluding carboxylic acids is 1. The van der Waals surface area contributed by atoms with Crippen molar-refractivity contribution < 1.29 is 27.5 Å². The summed E-state index contributed by atoms with van der Waals surface area (Å²) in [6, 6.07) is 1.06. The van der Waals surface area contributed by atoms with Gasteiger partial charge in [-0.25, -0.2) is 13.6 Å². The minimum Gasteiger partial charge on any atom is -0.486 e. The van der Waals surface area contributed by atoms with Crippen LogP contribution in [0.5, 0.6) is 5.75 Å². The summed E-state index contributed by atoms with van der Waals surface area (Å²) in [5.41, 5.74) is -0.380. The van der Waals surface area contributed by atoms with Crippen LogP contribution in [-0.2, 0) is 4.74 Å². The summed E-state index contributed by atoms with van der Waals surface area (Å²) in [6.07, 6.45) is 11.3. The van der Waals surface area contributed by atoms with Gasteiger partial charge in [0, 0.05) is 12.5 Å². The monoisotopic (exact) mass is 405 g/mol. The first-order chi connectivity index (χ1) is 13.4. The van der Waals surface area contributed by atoms with Crippen molar-refractivity contribution in [1.29, 1.82) is 0 Å². The van der Waals surface area contributed by atoms with Crippen LogP contribution in [0.2, 0.25) is 0 Å². The summed E-state index contributed by atoms with van der Waals surface area (Å²) in [5, 5.41) is 0. The highest BCUT2D eigenvalue weighted by atomic mass is 19.3. The van der Waals surface area contributed by atoms with Gasteiger partial charge in [0.05, 0.1) is 12.8 Å². The van der Waals surface area contributed by atoms with Crippen molar-refractivity contribution in [3.8, 4) is 5.75 Å². The molecule has 0 amide bonds. The van der Waals surface area contributed by atoms with Gasteiger partial charge in [-0.1, -0.05) is 69.2 Å². The van der Waals surface area contributed by atoms with Gasteiger partial charge < -0.3 is 9.47 Å². The average Bonchev–Trinajstić information content (AvgIpc) is 3.03. The van der Waals surface area contributed by atoms with E-state index in [0.29, 0.717) is 6.42 Å². The fraction of sp³-hybridized carbons (Fsp3) is 0.762. The van der Waals surface area contributed by atoms with Crippen molar-refractivity contribution in [1.82, 2.24) is 4.79 Å². The molecule has 1 aromatic heterocycles. The van der Waals surface area contributed by atoms with Gasteiger partial charge >= 0.3 is 5.97 Å². The van der Waals surface area contributed by atoms with Crippen LogP contribution in [0.1, 0.15) is 95.0 Å². The lowest BCUT2D eigenvalue weighted by molar-refractivity contribution is -0.0495. The highest BCUT2D eigenvalue weighted by Gasteiger charge is 2.30. The number of ether oxygens (including phenoxy) is 2. The zero-order chi connectivity index (χ0) is 20.8. The molecule has 0 saturated carbocycles. The Bertz CT molecular complexity index is 561. The third kappa shape index (κ3) is 10.0. The minimum atomic E-state index is -2.98. The molecule has 0 bridgehead atoms. The van der Waals surface area contributed by atoms with Crippen LogP contribution in [0.15, 0.2) is 12.3 Å². The van der Waals surface area contributed by atoms with Crippen LogP contribution in [0.25, 0.3) is 0 Å². The van der Waals surface area contributed by atoms with Crippen molar-refractivity contribution in [2.45, 2.75) is 90.4 Å². The first-order valence-electron chi connectivity index (χ1n) is 10.5. The smallest absolute Gasteiger partial charge is 0.357 e. The molecule has 7 heteroatoms. The van der Waals surface area contributed by atoms with Gasteiger partial charge in [0.1, 0.15) is 5.75 Å². The molecule has 0 aliphatic carbocycles. The van der Waals surface area contributed by atoms with Crippen LogP contribution in [0, 0.1) is 0 Å². The number of nitrogens with zero attached hydrogens (tertiary/aromatic N) is 1. The van der Waals surface area contributed by atoms with Crippen LogP contribution in [0.4, 0.5) is 13.3 Å². The van der Waals surface area contributed by atoms with E-state index in [1.54, 1.807) is 6.92 Å². The Hall–Kier alpha value is -1.66. The summed E-state index contributed by atoms with van der Waals surface area (Å²) >= 11 is 0. The number of alkyl halides is 2. The predicted octanol–water partition coefficient (Wildman–Crippen LogP) is 6.72. The molecule has 0 fully saturated rings. The van der Waals surface area contributed by atoms with E-state index in [9.17, 15) is 18.1 Å². The Morgan fingerprint density at radius 2 is 1.57 bits per heavy atom. The number of hydrogen-bond donors (Lipinski definition) is 0. The SMILES string of the molecule is CCCCCCCCCCCCC(F)(F)COc1cc(C(=O)OCC)n(F)c1. The van der Waals surface area contributed by atoms with Crippen molar-refractivity contribution in [2.75, 3.05) is 13.2 Å². The van der Waals surface area contributed by atoms with Crippen molar-refractivity contribution in [3.05, 3.63) is 18.0 Å². The van der Waals surface area contributed by atoms with E-state index in [1.807, 2.05) is 0 Å². The van der Waals surface area contributed by atoms with Gasteiger partial charge in [-0.3, -0.25) is 0 Å². The van der Waals surface area contributed by atoms with Gasteiger partial charge in [-0.15, -0.1) is 0 Å². The number of halogens is 3. The third-order valence-electron chi connectivity index (χ3n) is 4.58. The molecule has 28 heavy (non-hydrogen) atoms. The van der Waals surface area contributed by atoms with Crippen LogP contribution < -0.4 is 4.74 Å². The average molecular weight is 406 g/mol. The van der Waals surface area contributed by atoms with E-state index in [-0.39, 0.29) is 29.3 Å². The van der Waals surface area contributed by atoms with E-state index >= 15 is 0 Å². The summed E-state index contributed by atoms with van der Waals surface area (Å²) in [5.74, 6) is -3.96. The quantitative estimate of drug-likeness (QED) is 0.226. The number of esters is 1. The van der Waals surface area contributed by atoms with E-state index < -0.39 is 18.5 Å². The molecule has 0 radical (unpaired) electrons. The molecule has 4 nitrogen and oxygen atoms in total. The minimum absolute atomic E-state index is 0.0216. The Morgan fingerprint density at radius 3 is 2.14 bits per heavy atom. The Balaban J connectivity index is 2.19. The molecular weight excluding hydrogens is 371 g/mol. The lowest BCUT2D eigenvalue weighted by atomic mass is 10.0. The number of rotatable bonds is 16. The first kappa shape index (κ1) is 24.4. The molecule has 1 heterocycles. The van der Waals surface area contributed by atoms with Gasteiger partial charge in [0.25, 0.3) is 5.92 Å². The second-order valence-corrected chi connectivity index (χ2v) is 7.17. The summed E-state index contributed by atoms with van der Waals surface area (Å²) in [7, 11) is 0. The Kier molecular flexibility index (Phi) is 11.8. The van der Waals surface area contributed by atoms with Crippen LogP contribution >= 0.6 is 0 Å². The van der Waals surface area contributed by atoms with E-state index in [2.05, 4.69) is 11.7 Å². The molecule has 0 aliphatic rings. The lowest BCUT2D eigenvalue weighted by Crippen LogP contribution is -2.25. The molecule has 0 aromatic carbocycles. The molecule has 162 valence electrons. The molecular formula is C21H34F3NO3. The topological polar surface area (TPSA) is 40.5 Å². The summed E-state index contributed by atoms with van der Waals surface area (Å²) < 4.78 is 51.1. The fourth-order valence-corrected chi connectivity index (χ4v) is 2.98.